The molecule has 0 aliphatic heterocycles. The second kappa shape index (κ2) is 10.9. The van der Waals surface area contributed by atoms with Crippen LogP contribution >= 0.6 is 11.3 Å². The first kappa shape index (κ1) is 19.1. The summed E-state index contributed by atoms with van der Waals surface area (Å²) in [5, 5.41) is 17.8. The van der Waals surface area contributed by atoms with Crippen molar-refractivity contribution in [1.82, 2.24) is 4.98 Å². The van der Waals surface area contributed by atoms with E-state index in [0.29, 0.717) is 0 Å². The molecule has 1 aromatic rings. The van der Waals surface area contributed by atoms with Gasteiger partial charge in [-0.25, -0.2) is 14.4 Å². The van der Waals surface area contributed by atoms with Crippen LogP contribution in [0.4, 0.5) is 9.59 Å². The molecule has 2 N–H and O–H groups in total. The summed E-state index contributed by atoms with van der Waals surface area (Å²) in [6.07, 6.45) is -1.15. The smallest absolute Gasteiger partial charge is 0.450 e. The van der Waals surface area contributed by atoms with E-state index in [1.807, 2.05) is 10.7 Å². The molecule has 0 spiro atoms. The Kier molecular flexibility index (Phi) is 11.0. The van der Waals surface area contributed by atoms with Crippen molar-refractivity contribution in [3.63, 3.8) is 0 Å². The maximum atomic E-state index is 10.3. The molecule has 0 unspecified atom stereocenters. The van der Waals surface area contributed by atoms with E-state index >= 15 is 0 Å². The predicted octanol–water partition coefficient (Wildman–Crippen LogP) is 2.99. The van der Waals surface area contributed by atoms with Crippen molar-refractivity contribution < 1.29 is 29.4 Å². The molecular formula is C9H14N2O7S. The van der Waals surface area contributed by atoms with Crippen LogP contribution in [-0.4, -0.2) is 33.1 Å². The average Bonchev–Trinajstić information content (AvgIpc) is 2.70. The van der Waals surface area contributed by atoms with Crippen molar-refractivity contribution >= 4 is 23.6 Å². The molecule has 19 heavy (non-hydrogen) atoms. The minimum atomic E-state index is -1.83. The topological polar surface area (TPSA) is 135 Å². The summed E-state index contributed by atoms with van der Waals surface area (Å²) in [4.78, 5) is 35.6. The van der Waals surface area contributed by atoms with Crippen LogP contribution in [0.1, 0.15) is 20.8 Å². The van der Waals surface area contributed by atoms with Gasteiger partial charge in [0.1, 0.15) is 5.60 Å². The Bertz CT molecular complexity index is 340. The van der Waals surface area contributed by atoms with Gasteiger partial charge in [-0.05, 0) is 20.8 Å². The lowest BCUT2D eigenvalue weighted by molar-refractivity contribution is -0.00708. The zero-order chi connectivity index (χ0) is 15.3. The molecule has 108 valence electrons. The monoisotopic (exact) mass is 294 g/mol. The minimum Gasteiger partial charge on any atom is -0.450 e. The first-order valence-corrected chi connectivity index (χ1v) is 5.60. The van der Waals surface area contributed by atoms with Crippen molar-refractivity contribution in [3.05, 3.63) is 22.0 Å². The number of nitrogens with zero attached hydrogens (tertiary/aromatic N) is 2. The Morgan fingerprint density at radius 1 is 1.32 bits per heavy atom. The van der Waals surface area contributed by atoms with Gasteiger partial charge in [0.25, 0.3) is 0 Å². The molecular weight excluding hydrogens is 280 g/mol. The highest BCUT2D eigenvalue weighted by molar-refractivity contribution is 7.07. The number of aromatic nitrogens is 1. The number of rotatable bonds is 1. The number of hydrogen-bond acceptors (Lipinski definition) is 8. The highest BCUT2D eigenvalue weighted by atomic mass is 32.1. The van der Waals surface area contributed by atoms with E-state index in [9.17, 15) is 9.70 Å². The van der Waals surface area contributed by atoms with Crippen molar-refractivity contribution in [2.24, 2.45) is 5.34 Å². The SMILES string of the molecule is CC(C)(C)OC(=O)ON=O.O=C(O)O.c1cscn1. The molecule has 9 nitrogen and oxygen atoms in total. The van der Waals surface area contributed by atoms with E-state index in [4.69, 9.17) is 15.0 Å². The molecule has 0 radical (unpaired) electrons. The van der Waals surface area contributed by atoms with Gasteiger partial charge in [-0.2, -0.15) is 0 Å². The summed E-state index contributed by atoms with van der Waals surface area (Å²) in [6.45, 7) is 4.96. The molecule has 0 saturated heterocycles. The molecule has 0 amide bonds. The molecule has 0 atom stereocenters. The van der Waals surface area contributed by atoms with E-state index < -0.39 is 17.9 Å². The normalized spacial score (nSPS) is 8.79. The van der Waals surface area contributed by atoms with Gasteiger partial charge in [0.2, 0.25) is 0 Å². The van der Waals surface area contributed by atoms with Gasteiger partial charge in [0.15, 0.2) is 5.34 Å². The number of thiazole rings is 1. The van der Waals surface area contributed by atoms with Gasteiger partial charge >= 0.3 is 12.3 Å². The van der Waals surface area contributed by atoms with Gasteiger partial charge in [0.05, 0.1) is 5.51 Å². The zero-order valence-electron chi connectivity index (χ0n) is 10.5. The summed E-state index contributed by atoms with van der Waals surface area (Å²) in [7, 11) is 0. The van der Waals surface area contributed by atoms with Gasteiger partial charge in [0, 0.05) is 11.6 Å². The average molecular weight is 294 g/mol. The molecule has 1 rings (SSSR count). The Morgan fingerprint density at radius 2 is 1.84 bits per heavy atom. The van der Waals surface area contributed by atoms with E-state index in [2.05, 4.69) is 14.6 Å². The van der Waals surface area contributed by atoms with Crippen molar-refractivity contribution in [3.8, 4) is 0 Å². The van der Waals surface area contributed by atoms with Crippen LogP contribution in [0.2, 0.25) is 0 Å². The summed E-state index contributed by atoms with van der Waals surface area (Å²) < 4.78 is 4.52. The number of carboxylic acid groups (broad SMARTS) is 2. The fourth-order valence-corrected chi connectivity index (χ4v) is 0.826. The first-order chi connectivity index (χ1) is 8.69. The van der Waals surface area contributed by atoms with Crippen LogP contribution in [-0.2, 0) is 9.57 Å². The fraction of sp³-hybridized carbons (Fsp3) is 0.444. The van der Waals surface area contributed by atoms with Crippen molar-refractivity contribution in [1.29, 1.82) is 0 Å². The molecule has 1 heterocycles. The van der Waals surface area contributed by atoms with Crippen molar-refractivity contribution in [2.45, 2.75) is 26.4 Å². The molecule has 0 bridgehead atoms. The van der Waals surface area contributed by atoms with Gasteiger partial charge in [-0.1, -0.05) is 0 Å². The van der Waals surface area contributed by atoms with Gasteiger partial charge in [-0.15, -0.1) is 16.2 Å². The number of carbonyl (C=O) groups excluding carboxylic acids is 1. The van der Waals surface area contributed by atoms with E-state index in [1.54, 1.807) is 43.8 Å². The van der Waals surface area contributed by atoms with E-state index in [0.717, 1.165) is 0 Å². The van der Waals surface area contributed by atoms with Gasteiger partial charge < -0.3 is 14.9 Å². The molecule has 0 aliphatic carbocycles. The molecule has 0 aromatic carbocycles. The second-order valence-electron chi connectivity index (χ2n) is 3.59. The molecule has 0 saturated carbocycles. The van der Waals surface area contributed by atoms with Crippen LogP contribution in [0, 0.1) is 4.91 Å². The zero-order valence-corrected chi connectivity index (χ0v) is 11.3. The summed E-state index contributed by atoms with van der Waals surface area (Å²) >= 11 is 1.60. The third-order valence-corrected chi connectivity index (χ3v) is 1.37. The first-order valence-electron chi connectivity index (χ1n) is 4.65. The fourth-order valence-electron chi connectivity index (χ4n) is 0.475. The Hall–Kier alpha value is -2.23. The van der Waals surface area contributed by atoms with Gasteiger partial charge in [-0.3, -0.25) is 4.98 Å². The van der Waals surface area contributed by atoms with Crippen LogP contribution in [0.5, 0.6) is 0 Å². The predicted molar refractivity (Wildman–Crippen MR) is 65.9 cm³/mol. The Balaban J connectivity index is 0. The number of carbonyl (C=O) groups is 2. The maximum Gasteiger partial charge on any atom is 0.538 e. The quantitative estimate of drug-likeness (QED) is 0.458. The lowest BCUT2D eigenvalue weighted by atomic mass is 10.2. The number of hydrogen-bond donors (Lipinski definition) is 2. The lowest BCUT2D eigenvalue weighted by Crippen LogP contribution is -2.23. The summed E-state index contributed by atoms with van der Waals surface area (Å²) in [5.41, 5.74) is 1.14. The largest absolute Gasteiger partial charge is 0.538 e. The standard InChI is InChI=1S/C5H9NO4.C3H3NS.CH2O3/c1-5(2,3)9-4(7)10-6-8;1-2-5-3-4-1;2-1(3)4/h1-3H3;1-3H;(H2,2,3,4). The molecule has 0 aliphatic rings. The molecule has 1 aromatic heterocycles. The molecule has 0 fully saturated rings. The minimum absolute atomic E-state index is 0.651. The summed E-state index contributed by atoms with van der Waals surface area (Å²) in [6, 6.07) is 0. The Labute approximate surface area is 112 Å². The highest BCUT2D eigenvalue weighted by Gasteiger charge is 2.17. The highest BCUT2D eigenvalue weighted by Crippen LogP contribution is 2.07. The summed E-state index contributed by atoms with van der Waals surface area (Å²) in [5.74, 6) is 0. The van der Waals surface area contributed by atoms with Crippen LogP contribution in [0.25, 0.3) is 0 Å². The lowest BCUT2D eigenvalue weighted by Gasteiger charge is -2.16. The third-order valence-electron chi connectivity index (χ3n) is 0.849. The third kappa shape index (κ3) is 25.8. The number of ether oxygens (including phenoxy) is 1. The van der Waals surface area contributed by atoms with Crippen LogP contribution in [0.15, 0.2) is 22.4 Å². The van der Waals surface area contributed by atoms with E-state index in [-0.39, 0.29) is 0 Å². The Morgan fingerprint density at radius 3 is 2.05 bits per heavy atom. The second-order valence-corrected chi connectivity index (χ2v) is 4.34. The van der Waals surface area contributed by atoms with Crippen LogP contribution < -0.4 is 0 Å². The maximum absolute atomic E-state index is 10.3. The molecule has 10 heteroatoms. The van der Waals surface area contributed by atoms with Crippen LogP contribution in [0.3, 0.4) is 0 Å². The van der Waals surface area contributed by atoms with E-state index in [1.165, 1.54) is 0 Å². The van der Waals surface area contributed by atoms with Crippen molar-refractivity contribution in [2.75, 3.05) is 0 Å².